The molecule has 1 aliphatic rings. The predicted octanol–water partition coefficient (Wildman–Crippen LogP) is -2.22. The van der Waals surface area contributed by atoms with Gasteiger partial charge in [0.25, 0.3) is 5.91 Å². The van der Waals surface area contributed by atoms with E-state index in [1.54, 1.807) is 6.92 Å². The molecule has 6 nitrogen and oxygen atoms in total. The Morgan fingerprint density at radius 3 is 2.50 bits per heavy atom. The zero-order chi connectivity index (χ0) is 10.9. The normalized spacial score (nSPS) is 28.9. The Labute approximate surface area is 81.8 Å². The summed E-state index contributed by atoms with van der Waals surface area (Å²) in [5.41, 5.74) is 8.82. The van der Waals surface area contributed by atoms with E-state index in [4.69, 9.17) is 11.5 Å². The largest absolute Gasteiger partial charge is 0.378 e. The molecule has 0 aromatic carbocycles. The second-order valence-corrected chi connectivity index (χ2v) is 3.69. The summed E-state index contributed by atoms with van der Waals surface area (Å²) in [6.07, 6.45) is 0.181. The number of hydrogen-bond acceptors (Lipinski definition) is 4. The Balaban J connectivity index is 2.66. The lowest BCUT2D eigenvalue weighted by Crippen LogP contribution is -2.48. The van der Waals surface area contributed by atoms with Gasteiger partial charge in [0.1, 0.15) is 0 Å². The molecule has 0 aromatic heterocycles. The van der Waals surface area contributed by atoms with Crippen molar-refractivity contribution in [2.45, 2.75) is 25.0 Å². The molecule has 1 aliphatic heterocycles. The molecule has 80 valence electrons. The number of rotatable bonds is 2. The summed E-state index contributed by atoms with van der Waals surface area (Å²) in [6, 6.07) is -0.620. The topological polar surface area (TPSA) is 110 Å². The molecule has 1 fully saturated rings. The highest BCUT2D eigenvalue weighted by Crippen LogP contribution is 2.21. The number of primary amides is 1. The van der Waals surface area contributed by atoms with Gasteiger partial charge in [-0.1, -0.05) is 0 Å². The van der Waals surface area contributed by atoms with E-state index in [-0.39, 0.29) is 18.9 Å². The van der Waals surface area contributed by atoms with Crippen LogP contribution in [0, 0.1) is 0 Å². The number of carbonyl (C=O) groups is 2. The van der Waals surface area contributed by atoms with Gasteiger partial charge in [0.2, 0.25) is 5.91 Å². The van der Waals surface area contributed by atoms with Crippen LogP contribution in [0.25, 0.3) is 0 Å². The summed E-state index contributed by atoms with van der Waals surface area (Å²) >= 11 is 0. The van der Waals surface area contributed by atoms with E-state index >= 15 is 0 Å². The SMILES string of the molecule is C[C@H](N)C(=O)N1CCC(O)(C(N)=O)C1. The number of nitrogens with two attached hydrogens (primary N) is 2. The Hall–Kier alpha value is -1.14. The standard InChI is InChI=1S/C8H15N3O3/c1-5(9)6(12)11-3-2-8(14,4-11)7(10)13/h5,14H,2-4,9H2,1H3,(H2,10,13)/t5-,8?/m0/s1. The van der Waals surface area contributed by atoms with E-state index < -0.39 is 17.6 Å². The van der Waals surface area contributed by atoms with Crippen molar-refractivity contribution < 1.29 is 14.7 Å². The molecule has 2 atom stereocenters. The number of carbonyl (C=O) groups excluding carboxylic acids is 2. The van der Waals surface area contributed by atoms with Gasteiger partial charge in [-0.15, -0.1) is 0 Å². The third-order valence-corrected chi connectivity index (χ3v) is 2.41. The van der Waals surface area contributed by atoms with Gasteiger partial charge >= 0.3 is 0 Å². The summed E-state index contributed by atoms with van der Waals surface area (Å²) in [5, 5.41) is 9.66. The number of nitrogens with zero attached hydrogens (tertiary/aromatic N) is 1. The fourth-order valence-electron chi connectivity index (χ4n) is 1.47. The highest BCUT2D eigenvalue weighted by Gasteiger charge is 2.43. The summed E-state index contributed by atoms with van der Waals surface area (Å²) in [5.74, 6) is -1.07. The quantitative estimate of drug-likeness (QED) is 0.470. The molecule has 1 saturated heterocycles. The maximum atomic E-state index is 11.4. The van der Waals surface area contributed by atoms with E-state index in [2.05, 4.69) is 0 Å². The minimum Gasteiger partial charge on any atom is -0.378 e. The number of aliphatic hydroxyl groups is 1. The van der Waals surface area contributed by atoms with Gasteiger partial charge in [-0.2, -0.15) is 0 Å². The van der Waals surface area contributed by atoms with Crippen LogP contribution in [0.1, 0.15) is 13.3 Å². The van der Waals surface area contributed by atoms with Crippen LogP contribution in [-0.2, 0) is 9.59 Å². The monoisotopic (exact) mass is 201 g/mol. The number of amides is 2. The minimum atomic E-state index is -1.58. The Morgan fingerprint density at radius 1 is 1.57 bits per heavy atom. The summed E-state index contributed by atoms with van der Waals surface area (Å²) in [4.78, 5) is 23.6. The van der Waals surface area contributed by atoms with Crippen molar-refractivity contribution >= 4 is 11.8 Å². The van der Waals surface area contributed by atoms with Crippen LogP contribution in [0.5, 0.6) is 0 Å². The molecule has 1 heterocycles. The van der Waals surface area contributed by atoms with Crippen molar-refractivity contribution in [2.75, 3.05) is 13.1 Å². The fraction of sp³-hybridized carbons (Fsp3) is 0.750. The lowest BCUT2D eigenvalue weighted by molar-refractivity contribution is -0.137. The first-order chi connectivity index (χ1) is 6.37. The van der Waals surface area contributed by atoms with Crippen LogP contribution in [-0.4, -0.2) is 46.6 Å². The van der Waals surface area contributed by atoms with Crippen molar-refractivity contribution in [2.24, 2.45) is 11.5 Å². The molecule has 5 N–H and O–H groups in total. The van der Waals surface area contributed by atoms with Crippen LogP contribution in [0.2, 0.25) is 0 Å². The number of hydrogen-bond donors (Lipinski definition) is 3. The van der Waals surface area contributed by atoms with Crippen molar-refractivity contribution in [3.63, 3.8) is 0 Å². The molecular weight excluding hydrogens is 186 g/mol. The summed E-state index contributed by atoms with van der Waals surface area (Å²) < 4.78 is 0. The first kappa shape index (κ1) is 10.9. The minimum absolute atomic E-state index is 0.0529. The van der Waals surface area contributed by atoms with Gasteiger partial charge in [0.05, 0.1) is 12.6 Å². The van der Waals surface area contributed by atoms with Crippen LogP contribution < -0.4 is 11.5 Å². The highest BCUT2D eigenvalue weighted by atomic mass is 16.3. The number of β-amino-alcohol motifs (C(OH)–C–C–N with tert-alkyl or cyclic N) is 1. The van der Waals surface area contributed by atoms with Crippen LogP contribution in [0.15, 0.2) is 0 Å². The van der Waals surface area contributed by atoms with E-state index in [9.17, 15) is 14.7 Å². The van der Waals surface area contributed by atoms with Gasteiger partial charge in [-0.25, -0.2) is 0 Å². The van der Waals surface area contributed by atoms with Crippen LogP contribution in [0.3, 0.4) is 0 Å². The van der Waals surface area contributed by atoms with Crippen molar-refractivity contribution in [3.8, 4) is 0 Å². The molecule has 14 heavy (non-hydrogen) atoms. The zero-order valence-corrected chi connectivity index (χ0v) is 8.06. The van der Waals surface area contributed by atoms with E-state index in [0.717, 1.165) is 0 Å². The van der Waals surface area contributed by atoms with Crippen LogP contribution >= 0.6 is 0 Å². The third-order valence-electron chi connectivity index (χ3n) is 2.41. The summed E-state index contributed by atoms with van der Waals surface area (Å²) in [7, 11) is 0. The molecule has 1 rings (SSSR count). The predicted molar refractivity (Wildman–Crippen MR) is 49.0 cm³/mol. The average molecular weight is 201 g/mol. The van der Waals surface area contributed by atoms with Gasteiger partial charge in [0, 0.05) is 13.0 Å². The smallest absolute Gasteiger partial charge is 0.251 e. The number of likely N-dealkylation sites (tertiary alicyclic amines) is 1. The van der Waals surface area contributed by atoms with E-state index in [0.29, 0.717) is 6.54 Å². The molecule has 0 aliphatic carbocycles. The highest BCUT2D eigenvalue weighted by molar-refractivity contribution is 5.87. The Kier molecular flexibility index (Phi) is 2.77. The zero-order valence-electron chi connectivity index (χ0n) is 8.06. The molecule has 2 amide bonds. The molecule has 1 unspecified atom stereocenters. The fourth-order valence-corrected chi connectivity index (χ4v) is 1.47. The average Bonchev–Trinajstić information content (AvgIpc) is 2.48. The molecular formula is C8H15N3O3. The molecule has 0 bridgehead atoms. The third kappa shape index (κ3) is 1.85. The van der Waals surface area contributed by atoms with Crippen molar-refractivity contribution in [1.82, 2.24) is 4.90 Å². The van der Waals surface area contributed by atoms with E-state index in [1.165, 1.54) is 4.90 Å². The van der Waals surface area contributed by atoms with Gasteiger partial charge < -0.3 is 21.5 Å². The Morgan fingerprint density at radius 2 is 2.14 bits per heavy atom. The summed E-state index contributed by atoms with van der Waals surface area (Å²) in [6.45, 7) is 1.83. The van der Waals surface area contributed by atoms with E-state index in [1.807, 2.05) is 0 Å². The second-order valence-electron chi connectivity index (χ2n) is 3.69. The lowest BCUT2D eigenvalue weighted by Gasteiger charge is -2.21. The second kappa shape index (κ2) is 3.55. The Bertz CT molecular complexity index is 267. The lowest BCUT2D eigenvalue weighted by atomic mass is 10.0. The molecule has 0 radical (unpaired) electrons. The molecule has 6 heteroatoms. The van der Waals surface area contributed by atoms with Crippen LogP contribution in [0.4, 0.5) is 0 Å². The molecule has 0 spiro atoms. The van der Waals surface area contributed by atoms with Gasteiger partial charge in [0.15, 0.2) is 5.60 Å². The first-order valence-corrected chi connectivity index (χ1v) is 4.43. The molecule has 0 saturated carbocycles. The first-order valence-electron chi connectivity index (χ1n) is 4.43. The maximum absolute atomic E-state index is 11.4. The van der Waals surface area contributed by atoms with Gasteiger partial charge in [-0.3, -0.25) is 9.59 Å². The maximum Gasteiger partial charge on any atom is 0.251 e. The van der Waals surface area contributed by atoms with Crippen molar-refractivity contribution in [3.05, 3.63) is 0 Å². The van der Waals surface area contributed by atoms with Gasteiger partial charge in [-0.05, 0) is 6.92 Å². The van der Waals surface area contributed by atoms with Crippen molar-refractivity contribution in [1.29, 1.82) is 0 Å². The molecule has 0 aromatic rings.